The van der Waals surface area contributed by atoms with E-state index in [0.29, 0.717) is 13.0 Å². The number of carboxylic acid groups (broad SMARTS) is 1. The van der Waals surface area contributed by atoms with E-state index in [1.54, 1.807) is 0 Å². The molecule has 4 N–H and O–H groups in total. The van der Waals surface area contributed by atoms with E-state index in [1.807, 2.05) is 0 Å². The van der Waals surface area contributed by atoms with Crippen LogP contribution in [0.5, 0.6) is 0 Å². The molecule has 0 aromatic carbocycles. The standard InChI is InChI=1S/C41H76NO9P/c1-3-5-7-9-11-13-15-17-18-19-20-21-23-25-27-29-31-33-40(43)51-38(36-49-52(46,47)50-37-39(42)41(44)45)35-48-34-32-30-28-26-24-22-16-14-12-10-8-6-4-2/h5,7,11,13,17-18,38-39H,3-4,6,8-10,12,14-16,19-37,42H2,1-2H3,(H,44,45)(H,46,47)/b7-5-,13-11-,18-17-. The number of hydrogen-bond donors (Lipinski definition) is 3. The topological polar surface area (TPSA) is 155 Å². The van der Waals surface area contributed by atoms with Crippen molar-refractivity contribution in [2.75, 3.05) is 26.4 Å². The maximum Gasteiger partial charge on any atom is 0.472 e. The average Bonchev–Trinajstić information content (AvgIpc) is 3.12. The predicted molar refractivity (Wildman–Crippen MR) is 212 cm³/mol. The molecular weight excluding hydrogens is 681 g/mol. The summed E-state index contributed by atoms with van der Waals surface area (Å²) < 4.78 is 33.3. The molecule has 0 bridgehead atoms. The van der Waals surface area contributed by atoms with Crippen LogP contribution in [0.25, 0.3) is 0 Å². The molecule has 0 heterocycles. The summed E-state index contributed by atoms with van der Waals surface area (Å²) in [6.45, 7) is 3.76. The number of carboxylic acids is 1. The van der Waals surface area contributed by atoms with Crippen LogP contribution in [-0.2, 0) is 32.7 Å². The highest BCUT2D eigenvalue weighted by Crippen LogP contribution is 2.43. The number of allylic oxidation sites excluding steroid dienone is 6. The first kappa shape index (κ1) is 50.2. The number of phosphoric acid groups is 1. The number of phosphoric ester groups is 1. The quantitative estimate of drug-likeness (QED) is 0.0239. The van der Waals surface area contributed by atoms with Gasteiger partial charge in [0.25, 0.3) is 0 Å². The Hall–Kier alpha value is -1.81. The third-order valence-corrected chi connectivity index (χ3v) is 9.63. The van der Waals surface area contributed by atoms with Gasteiger partial charge in [-0.05, 0) is 44.9 Å². The highest BCUT2D eigenvalue weighted by Gasteiger charge is 2.27. The number of unbranched alkanes of at least 4 members (excludes halogenated alkanes) is 19. The fraction of sp³-hybridized carbons (Fsp3) is 0.805. The lowest BCUT2D eigenvalue weighted by Gasteiger charge is -2.20. The van der Waals surface area contributed by atoms with Crippen LogP contribution in [-0.4, -0.2) is 60.5 Å². The number of carbonyl (C=O) groups excluding carboxylic acids is 1. The van der Waals surface area contributed by atoms with Crippen LogP contribution in [0.3, 0.4) is 0 Å². The van der Waals surface area contributed by atoms with Gasteiger partial charge < -0.3 is 25.2 Å². The van der Waals surface area contributed by atoms with Crippen LogP contribution < -0.4 is 5.73 Å². The van der Waals surface area contributed by atoms with E-state index in [4.69, 9.17) is 29.4 Å². The molecular formula is C41H76NO9P. The van der Waals surface area contributed by atoms with Crippen LogP contribution in [0.15, 0.2) is 36.5 Å². The van der Waals surface area contributed by atoms with E-state index in [1.165, 1.54) is 83.5 Å². The van der Waals surface area contributed by atoms with Gasteiger partial charge in [0, 0.05) is 13.0 Å². The first-order chi connectivity index (χ1) is 25.2. The number of ether oxygens (including phenoxy) is 2. The number of hydrogen-bond acceptors (Lipinski definition) is 8. The Balaban J connectivity index is 4.27. The van der Waals surface area contributed by atoms with Crippen molar-refractivity contribution in [2.45, 2.75) is 187 Å². The summed E-state index contributed by atoms with van der Waals surface area (Å²) >= 11 is 0. The first-order valence-corrected chi connectivity index (χ1v) is 22.0. The van der Waals surface area contributed by atoms with Crippen molar-refractivity contribution in [2.24, 2.45) is 5.73 Å². The summed E-state index contributed by atoms with van der Waals surface area (Å²) in [6.07, 6.45) is 40.5. The molecule has 0 aliphatic heterocycles. The van der Waals surface area contributed by atoms with E-state index in [9.17, 15) is 19.0 Å². The highest BCUT2D eigenvalue weighted by atomic mass is 31.2. The van der Waals surface area contributed by atoms with Crippen LogP contribution in [0.4, 0.5) is 0 Å². The molecule has 0 spiro atoms. The van der Waals surface area contributed by atoms with Crippen LogP contribution in [0.1, 0.15) is 174 Å². The van der Waals surface area contributed by atoms with Crippen molar-refractivity contribution in [1.29, 1.82) is 0 Å². The SMILES string of the molecule is CC/C=C\C/C=C\C/C=C\CCCCCCCCCC(=O)OC(COCCCCCCCCCCCCCCC)COP(=O)(O)OCC(N)C(=O)O. The van der Waals surface area contributed by atoms with E-state index in [0.717, 1.165) is 64.2 Å². The molecule has 0 saturated carbocycles. The molecule has 11 heteroatoms. The van der Waals surface area contributed by atoms with Crippen molar-refractivity contribution in [3.8, 4) is 0 Å². The van der Waals surface area contributed by atoms with Gasteiger partial charge in [-0.2, -0.15) is 0 Å². The zero-order valence-electron chi connectivity index (χ0n) is 32.9. The summed E-state index contributed by atoms with van der Waals surface area (Å²) in [4.78, 5) is 33.5. The van der Waals surface area contributed by atoms with Crippen molar-refractivity contribution in [3.63, 3.8) is 0 Å². The second-order valence-electron chi connectivity index (χ2n) is 13.7. The third-order valence-electron chi connectivity index (χ3n) is 8.68. The second kappa shape index (κ2) is 37.5. The monoisotopic (exact) mass is 758 g/mol. The molecule has 3 unspecified atom stereocenters. The smallest absolute Gasteiger partial charge is 0.472 e. The van der Waals surface area contributed by atoms with E-state index >= 15 is 0 Å². The molecule has 3 atom stereocenters. The summed E-state index contributed by atoms with van der Waals surface area (Å²) in [7, 11) is -4.61. The maximum absolute atomic E-state index is 12.6. The molecule has 10 nitrogen and oxygen atoms in total. The Bertz CT molecular complexity index is 972. The van der Waals surface area contributed by atoms with Gasteiger partial charge in [-0.3, -0.25) is 18.6 Å². The molecule has 52 heavy (non-hydrogen) atoms. The number of aliphatic carboxylic acids is 1. The minimum absolute atomic E-state index is 0.0150. The molecule has 0 aromatic rings. The fourth-order valence-electron chi connectivity index (χ4n) is 5.50. The first-order valence-electron chi connectivity index (χ1n) is 20.5. The minimum atomic E-state index is -4.61. The Kier molecular flexibility index (Phi) is 36.2. The Labute approximate surface area is 317 Å². The minimum Gasteiger partial charge on any atom is -0.480 e. The van der Waals surface area contributed by atoms with Gasteiger partial charge in [-0.1, -0.05) is 159 Å². The third kappa shape index (κ3) is 36.5. The number of carbonyl (C=O) groups is 2. The summed E-state index contributed by atoms with van der Waals surface area (Å²) in [6, 6.07) is -1.47. The molecule has 0 fully saturated rings. The molecule has 304 valence electrons. The lowest BCUT2D eigenvalue weighted by atomic mass is 10.0. The lowest BCUT2D eigenvalue weighted by Crippen LogP contribution is -2.34. The normalized spacial score (nSPS) is 14.4. The Morgan fingerprint density at radius 3 is 1.67 bits per heavy atom. The number of rotatable bonds is 39. The molecule has 0 radical (unpaired) electrons. The van der Waals surface area contributed by atoms with Crippen molar-refractivity contribution < 1.29 is 42.7 Å². The predicted octanol–water partition coefficient (Wildman–Crippen LogP) is 10.9. The lowest BCUT2D eigenvalue weighted by molar-refractivity contribution is -0.154. The van der Waals surface area contributed by atoms with Crippen LogP contribution >= 0.6 is 7.82 Å². The zero-order chi connectivity index (χ0) is 38.4. The molecule has 0 saturated heterocycles. The van der Waals surface area contributed by atoms with Gasteiger partial charge in [0.1, 0.15) is 12.1 Å². The van der Waals surface area contributed by atoms with Gasteiger partial charge in [0.2, 0.25) is 0 Å². The average molecular weight is 758 g/mol. The van der Waals surface area contributed by atoms with E-state index < -0.39 is 45.1 Å². The molecule has 0 rings (SSSR count). The maximum atomic E-state index is 12.6. The van der Waals surface area contributed by atoms with Gasteiger partial charge in [-0.15, -0.1) is 0 Å². The zero-order valence-corrected chi connectivity index (χ0v) is 33.8. The van der Waals surface area contributed by atoms with Gasteiger partial charge in [0.15, 0.2) is 0 Å². The molecule has 0 amide bonds. The van der Waals surface area contributed by atoms with E-state index in [-0.39, 0.29) is 13.0 Å². The summed E-state index contributed by atoms with van der Waals surface area (Å²) in [5.74, 6) is -1.79. The van der Waals surface area contributed by atoms with Crippen molar-refractivity contribution in [1.82, 2.24) is 0 Å². The van der Waals surface area contributed by atoms with Crippen molar-refractivity contribution in [3.05, 3.63) is 36.5 Å². The summed E-state index contributed by atoms with van der Waals surface area (Å²) in [5.41, 5.74) is 5.34. The van der Waals surface area contributed by atoms with Gasteiger partial charge in [-0.25, -0.2) is 4.57 Å². The van der Waals surface area contributed by atoms with Crippen LogP contribution in [0.2, 0.25) is 0 Å². The largest absolute Gasteiger partial charge is 0.480 e. The molecule has 0 aliphatic carbocycles. The Morgan fingerprint density at radius 2 is 1.12 bits per heavy atom. The van der Waals surface area contributed by atoms with Gasteiger partial charge in [0.05, 0.1) is 19.8 Å². The van der Waals surface area contributed by atoms with Gasteiger partial charge >= 0.3 is 19.8 Å². The van der Waals surface area contributed by atoms with Crippen molar-refractivity contribution >= 4 is 19.8 Å². The Morgan fingerprint density at radius 1 is 0.635 bits per heavy atom. The fourth-order valence-corrected chi connectivity index (χ4v) is 6.28. The second-order valence-corrected chi connectivity index (χ2v) is 15.2. The summed E-state index contributed by atoms with van der Waals surface area (Å²) in [5, 5.41) is 8.88. The van der Waals surface area contributed by atoms with Crippen LogP contribution in [0, 0.1) is 0 Å². The number of esters is 1. The van der Waals surface area contributed by atoms with E-state index in [2.05, 4.69) is 50.3 Å². The number of nitrogens with two attached hydrogens (primary N) is 1. The molecule has 0 aromatic heterocycles. The highest BCUT2D eigenvalue weighted by molar-refractivity contribution is 7.47. The molecule has 0 aliphatic rings.